The Morgan fingerprint density at radius 3 is 1.55 bits per heavy atom. The van der Waals surface area contributed by atoms with Gasteiger partial charge in [-0.15, -0.1) is 0 Å². The van der Waals surface area contributed by atoms with Crippen LogP contribution < -0.4 is 0 Å². The Kier molecular flexibility index (Phi) is 4.78. The van der Waals surface area contributed by atoms with E-state index in [-0.39, 0.29) is 50.5 Å². The molecule has 49 heavy (non-hydrogen) atoms. The van der Waals surface area contributed by atoms with Crippen molar-refractivity contribution in [2.24, 2.45) is 0 Å². The largest absolute Gasteiger partial charge is 0.456 e. The maximum absolute atomic E-state index is 9.57. The van der Waals surface area contributed by atoms with Crippen LogP contribution >= 0.6 is 0 Å². The molecule has 0 saturated carbocycles. The summed E-state index contributed by atoms with van der Waals surface area (Å²) in [7, 11) is 0. The van der Waals surface area contributed by atoms with Gasteiger partial charge in [0, 0.05) is 27.5 Å². The molecule has 0 bridgehead atoms. The Balaban J connectivity index is 1.37. The molecular formula is C45H29N3O. The highest BCUT2D eigenvalue weighted by Gasteiger charge is 2.19. The molecule has 0 unspecified atom stereocenters. The Labute approximate surface area is 299 Å². The van der Waals surface area contributed by atoms with Gasteiger partial charge in [0.15, 0.2) is 17.5 Å². The van der Waals surface area contributed by atoms with E-state index in [4.69, 9.17) is 30.3 Å². The molecule has 9 aromatic rings. The first-order valence-corrected chi connectivity index (χ1v) is 15.5. The van der Waals surface area contributed by atoms with Gasteiger partial charge in [0.1, 0.15) is 11.2 Å². The summed E-state index contributed by atoms with van der Waals surface area (Å²) in [5.41, 5.74) is 3.04. The van der Waals surface area contributed by atoms with Crippen molar-refractivity contribution in [3.05, 3.63) is 176 Å². The molecule has 7 aromatic carbocycles. The second-order valence-electron chi connectivity index (χ2n) is 11.1. The summed E-state index contributed by atoms with van der Waals surface area (Å²) in [4.78, 5) is 14.8. The molecule has 2 aromatic heterocycles. The van der Waals surface area contributed by atoms with Crippen molar-refractivity contribution in [2.45, 2.75) is 0 Å². The standard InChI is InChI=1S/C45H29N3O/c1-4-15-30(16-5-1)34-21-10-12-23-37(34)44-46-43(47-45(48-44)38-24-13-11-22-35(38)31-17-6-2-7-18-31)33-27-28-39-41(29-33)49-40-26-14-25-36(42(39)40)32-19-8-3-9-20-32/h1-29H/i3D,8D,9D,14D,19D,20D,25D,26D,27D,28D,29D. The van der Waals surface area contributed by atoms with Crippen molar-refractivity contribution < 1.29 is 19.5 Å². The number of benzene rings is 7. The lowest BCUT2D eigenvalue weighted by molar-refractivity contribution is 0.669. The first-order chi connectivity index (χ1) is 28.9. The molecule has 2 heterocycles. The molecule has 230 valence electrons. The van der Waals surface area contributed by atoms with E-state index in [9.17, 15) is 4.11 Å². The van der Waals surface area contributed by atoms with Gasteiger partial charge in [-0.25, -0.2) is 15.0 Å². The lowest BCUT2D eigenvalue weighted by atomic mass is 9.98. The van der Waals surface area contributed by atoms with Gasteiger partial charge >= 0.3 is 0 Å². The lowest BCUT2D eigenvalue weighted by Crippen LogP contribution is -2.02. The van der Waals surface area contributed by atoms with Crippen LogP contribution in [-0.4, -0.2) is 15.0 Å². The fraction of sp³-hybridized carbons (Fsp3) is 0. The molecule has 0 aliphatic heterocycles. The zero-order chi connectivity index (χ0) is 42.1. The van der Waals surface area contributed by atoms with Crippen LogP contribution in [0.25, 0.3) is 89.5 Å². The van der Waals surface area contributed by atoms with E-state index in [1.165, 1.54) is 0 Å². The van der Waals surface area contributed by atoms with E-state index >= 15 is 0 Å². The Hall–Kier alpha value is -6.65. The molecule has 0 spiro atoms. The second-order valence-corrected chi connectivity index (χ2v) is 11.1. The zero-order valence-electron chi connectivity index (χ0n) is 36.6. The maximum Gasteiger partial charge on any atom is 0.164 e. The average Bonchev–Trinajstić information content (AvgIpc) is 3.69. The summed E-state index contributed by atoms with van der Waals surface area (Å²) in [6.45, 7) is 0. The van der Waals surface area contributed by atoms with Crippen LogP contribution in [0.15, 0.2) is 180 Å². The number of hydrogen-bond donors (Lipinski definition) is 0. The van der Waals surface area contributed by atoms with Crippen LogP contribution in [0, 0.1) is 0 Å². The van der Waals surface area contributed by atoms with Gasteiger partial charge in [0.25, 0.3) is 0 Å². The number of fused-ring (bicyclic) bond motifs is 3. The lowest BCUT2D eigenvalue weighted by Gasteiger charge is -2.14. The minimum absolute atomic E-state index is 0.120. The molecule has 4 heteroatoms. The first kappa shape index (κ1) is 19.2. The van der Waals surface area contributed by atoms with Gasteiger partial charge in [0.05, 0.1) is 15.1 Å². The average molecular weight is 639 g/mol. The molecule has 0 amide bonds. The van der Waals surface area contributed by atoms with E-state index in [1.54, 1.807) is 0 Å². The molecule has 0 saturated heterocycles. The molecule has 0 fully saturated rings. The summed E-state index contributed by atoms with van der Waals surface area (Å²) >= 11 is 0. The van der Waals surface area contributed by atoms with Crippen LogP contribution in [0.4, 0.5) is 0 Å². The van der Waals surface area contributed by atoms with Crippen molar-refractivity contribution in [2.75, 3.05) is 0 Å². The summed E-state index contributed by atoms with van der Waals surface area (Å²) in [6, 6.07) is 27.7. The summed E-state index contributed by atoms with van der Waals surface area (Å²) < 4.78 is 103. The van der Waals surface area contributed by atoms with E-state index < -0.39 is 72.0 Å². The van der Waals surface area contributed by atoms with Crippen molar-refractivity contribution in [1.29, 1.82) is 0 Å². The Bertz CT molecular complexity index is 3100. The highest BCUT2D eigenvalue weighted by Crippen LogP contribution is 2.39. The maximum atomic E-state index is 9.57. The number of furan rings is 1. The first-order valence-electron chi connectivity index (χ1n) is 21.0. The molecule has 9 rings (SSSR count). The molecule has 0 atom stereocenters. The van der Waals surface area contributed by atoms with E-state index in [2.05, 4.69) is 0 Å². The van der Waals surface area contributed by atoms with Gasteiger partial charge in [-0.3, -0.25) is 0 Å². The third-order valence-corrected chi connectivity index (χ3v) is 8.19. The third-order valence-electron chi connectivity index (χ3n) is 8.19. The molecular weight excluding hydrogens is 599 g/mol. The van der Waals surface area contributed by atoms with E-state index in [1.807, 2.05) is 109 Å². The number of rotatable bonds is 6. The Morgan fingerprint density at radius 1 is 0.388 bits per heavy atom. The van der Waals surface area contributed by atoms with Gasteiger partial charge in [0.2, 0.25) is 0 Å². The monoisotopic (exact) mass is 638 g/mol. The van der Waals surface area contributed by atoms with Gasteiger partial charge < -0.3 is 4.42 Å². The number of aromatic nitrogens is 3. The second kappa shape index (κ2) is 12.2. The van der Waals surface area contributed by atoms with Crippen LogP contribution in [0.5, 0.6) is 0 Å². The molecule has 0 aliphatic rings. The summed E-state index contributed by atoms with van der Waals surface area (Å²) in [5, 5.41) is -0.399. The fourth-order valence-electron chi connectivity index (χ4n) is 5.95. The molecule has 0 aliphatic carbocycles. The zero-order valence-corrected chi connectivity index (χ0v) is 25.6. The summed E-state index contributed by atoms with van der Waals surface area (Å²) in [5.74, 6) is 0.329. The van der Waals surface area contributed by atoms with Crippen LogP contribution in [-0.2, 0) is 0 Å². The predicted molar refractivity (Wildman–Crippen MR) is 200 cm³/mol. The quantitative estimate of drug-likeness (QED) is 0.182. The smallest absolute Gasteiger partial charge is 0.164 e. The molecule has 0 radical (unpaired) electrons. The van der Waals surface area contributed by atoms with Crippen molar-refractivity contribution >= 4 is 21.9 Å². The third kappa shape index (κ3) is 5.26. The van der Waals surface area contributed by atoms with Crippen LogP contribution in [0.1, 0.15) is 15.1 Å². The van der Waals surface area contributed by atoms with Crippen LogP contribution in [0.2, 0.25) is 0 Å². The van der Waals surface area contributed by atoms with E-state index in [0.717, 1.165) is 22.3 Å². The normalized spacial score (nSPS) is 14.4. The van der Waals surface area contributed by atoms with Gasteiger partial charge in [-0.05, 0) is 51.5 Å². The SMILES string of the molecule is [2H]c1c([2H])c([2H])c(-c2c([2H])c([2H])c([2H])c3oc4c([2H])c(-c5nc(-c6ccccc6-c6ccccc6)nc(-c6ccccc6-c6ccccc6)n5)c([2H])c([2H])c4c23)c([2H])c1[2H]. The minimum atomic E-state index is -0.687. The molecule has 4 nitrogen and oxygen atoms in total. The van der Waals surface area contributed by atoms with Crippen molar-refractivity contribution in [3.63, 3.8) is 0 Å². The topological polar surface area (TPSA) is 51.8 Å². The molecule has 0 N–H and O–H groups in total. The Morgan fingerprint density at radius 2 is 0.939 bits per heavy atom. The summed E-state index contributed by atoms with van der Waals surface area (Å²) in [6.07, 6.45) is 0. The van der Waals surface area contributed by atoms with E-state index in [0.29, 0.717) is 11.1 Å². The minimum Gasteiger partial charge on any atom is -0.456 e. The number of hydrogen-bond acceptors (Lipinski definition) is 4. The highest BCUT2D eigenvalue weighted by atomic mass is 16.3. The van der Waals surface area contributed by atoms with Gasteiger partial charge in [-0.1, -0.05) is 158 Å². The highest BCUT2D eigenvalue weighted by molar-refractivity contribution is 6.13. The number of nitrogens with zero attached hydrogens (tertiary/aromatic N) is 3. The van der Waals surface area contributed by atoms with Crippen molar-refractivity contribution in [3.8, 4) is 67.5 Å². The fourth-order valence-corrected chi connectivity index (χ4v) is 5.95. The van der Waals surface area contributed by atoms with Crippen LogP contribution in [0.3, 0.4) is 0 Å². The predicted octanol–water partition coefficient (Wildman–Crippen LogP) is 11.8. The van der Waals surface area contributed by atoms with Crippen molar-refractivity contribution in [1.82, 2.24) is 15.0 Å². The van der Waals surface area contributed by atoms with Gasteiger partial charge in [-0.2, -0.15) is 0 Å².